The lowest BCUT2D eigenvalue weighted by Gasteiger charge is -2.15. The zero-order valence-corrected chi connectivity index (χ0v) is 12.0. The van der Waals surface area contributed by atoms with Gasteiger partial charge in [-0.15, -0.1) is 0 Å². The average Bonchev–Trinajstić information content (AvgIpc) is 2.25. The van der Waals surface area contributed by atoms with Crippen molar-refractivity contribution in [3.63, 3.8) is 0 Å². The molecule has 0 saturated heterocycles. The summed E-state index contributed by atoms with van der Waals surface area (Å²) in [4.78, 5) is 0. The molecule has 0 atom stereocenters. The largest absolute Gasteiger partial charge is 0.399 e. The van der Waals surface area contributed by atoms with Gasteiger partial charge in [0.25, 0.3) is 0 Å². The average molecular weight is 253 g/mol. The second-order valence-corrected chi connectivity index (χ2v) is 5.28. The minimum absolute atomic E-state index is 0.818. The molecule has 0 heterocycles. The highest BCUT2D eigenvalue weighted by molar-refractivity contribution is 6.03. The van der Waals surface area contributed by atoms with Gasteiger partial charge in [0.05, 0.1) is 0 Å². The van der Waals surface area contributed by atoms with Crippen LogP contribution < -0.4 is 11.1 Å². The summed E-state index contributed by atoms with van der Waals surface area (Å²) < 4.78 is 0. The quantitative estimate of drug-likeness (QED) is 0.742. The lowest BCUT2D eigenvalue weighted by molar-refractivity contribution is -0.110. The van der Waals surface area contributed by atoms with Crippen LogP contribution >= 0.6 is 0 Å². The van der Waals surface area contributed by atoms with Crippen molar-refractivity contribution >= 4 is 17.5 Å². The Balaban J connectivity index is 2.56. The van der Waals surface area contributed by atoms with Gasteiger partial charge in [-0.05, 0) is 79.3 Å². The van der Waals surface area contributed by atoms with E-state index in [1.165, 1.54) is 33.4 Å². The number of rotatable bonds is 1. The zero-order valence-electron chi connectivity index (χ0n) is 12.0. The summed E-state index contributed by atoms with van der Waals surface area (Å²) in [7, 11) is 0. The molecule has 0 radical (unpaired) electrons. The molecule has 2 heteroatoms. The van der Waals surface area contributed by atoms with E-state index in [0.29, 0.717) is 0 Å². The predicted octanol–water partition coefficient (Wildman–Crippen LogP) is 2.38. The Kier molecular flexibility index (Phi) is 3.43. The molecule has 1 aromatic carbocycles. The Bertz CT molecular complexity index is 596. The van der Waals surface area contributed by atoms with Crippen molar-refractivity contribution < 1.29 is 5.41 Å². The molecule has 1 aliphatic rings. The van der Waals surface area contributed by atoms with E-state index in [9.17, 15) is 0 Å². The number of hydrogen-bond donors (Lipinski definition) is 2. The van der Waals surface area contributed by atoms with Gasteiger partial charge in [-0.2, -0.15) is 0 Å². The maximum absolute atomic E-state index is 5.87. The van der Waals surface area contributed by atoms with Crippen molar-refractivity contribution in [1.29, 1.82) is 0 Å². The molecular weight excluding hydrogens is 232 g/mol. The highest BCUT2D eigenvalue weighted by atomic mass is 14.5. The second kappa shape index (κ2) is 4.88. The maximum atomic E-state index is 5.87. The summed E-state index contributed by atoms with van der Waals surface area (Å²) in [5, 5.41) is 5.87. The van der Waals surface area contributed by atoms with E-state index in [2.05, 4.69) is 33.8 Å². The van der Waals surface area contributed by atoms with Gasteiger partial charge in [0.1, 0.15) is 0 Å². The van der Waals surface area contributed by atoms with Crippen molar-refractivity contribution in [2.24, 2.45) is 0 Å². The van der Waals surface area contributed by atoms with Crippen LogP contribution in [0.25, 0.3) is 6.08 Å². The van der Waals surface area contributed by atoms with Gasteiger partial charge in [0, 0.05) is 17.8 Å². The minimum Gasteiger partial charge on any atom is -0.399 e. The molecule has 4 N–H and O–H groups in total. The fourth-order valence-electron chi connectivity index (χ4n) is 2.62. The van der Waals surface area contributed by atoms with E-state index in [4.69, 9.17) is 11.1 Å². The van der Waals surface area contributed by atoms with Crippen LogP contribution in [0.2, 0.25) is 0 Å². The molecule has 0 bridgehead atoms. The molecule has 0 aliphatic heterocycles. The number of hydrogen-bond acceptors (Lipinski definition) is 1. The van der Waals surface area contributed by atoms with Crippen LogP contribution in [0.15, 0.2) is 41.0 Å². The van der Waals surface area contributed by atoms with Gasteiger partial charge in [-0.3, -0.25) is 5.41 Å². The molecule has 2 nitrogen and oxygen atoms in total. The summed E-state index contributed by atoms with van der Waals surface area (Å²) in [5.74, 6) is 0. The molecule has 0 saturated carbocycles. The lowest BCUT2D eigenvalue weighted by atomic mass is 9.89. The molecule has 0 unspecified atom stereocenters. The van der Waals surface area contributed by atoms with Crippen molar-refractivity contribution in [2.45, 2.75) is 27.7 Å². The van der Waals surface area contributed by atoms with Crippen molar-refractivity contribution in [1.82, 2.24) is 0 Å². The van der Waals surface area contributed by atoms with Crippen LogP contribution in [-0.2, 0) is 0 Å². The molecule has 2 rings (SSSR count). The number of anilines is 1. The van der Waals surface area contributed by atoms with Crippen LogP contribution in [0.4, 0.5) is 5.69 Å². The van der Waals surface area contributed by atoms with Crippen LogP contribution in [0.5, 0.6) is 0 Å². The normalized spacial score (nSPS) is 15.2. The SMILES string of the molecule is CC1=CC(=[NH2+])C=C(C)C1=Cc1c(C)cc(N)cc1C. The minimum atomic E-state index is 0.818. The molecule has 0 fully saturated rings. The molecule has 0 amide bonds. The van der Waals surface area contributed by atoms with Gasteiger partial charge in [-0.25, -0.2) is 0 Å². The summed E-state index contributed by atoms with van der Waals surface area (Å²) in [6, 6.07) is 4.03. The van der Waals surface area contributed by atoms with Crippen LogP contribution in [-0.4, -0.2) is 5.71 Å². The van der Waals surface area contributed by atoms with E-state index < -0.39 is 0 Å². The van der Waals surface area contributed by atoms with Gasteiger partial charge in [-0.1, -0.05) is 0 Å². The fraction of sp³-hybridized carbons (Fsp3) is 0.235. The first kappa shape index (κ1) is 13.3. The Morgan fingerprint density at radius 2 is 1.42 bits per heavy atom. The standard InChI is InChI=1S/C17H20N2/c1-10-5-14(18)6-11(2)16(10)9-17-12(3)7-15(19)8-13(17)4/h5-9,18H,19H2,1-4H3/p+1. The molecular formula is C17H21N2+. The predicted molar refractivity (Wildman–Crippen MR) is 82.8 cm³/mol. The molecule has 1 aliphatic carbocycles. The summed E-state index contributed by atoms with van der Waals surface area (Å²) in [5.41, 5.74) is 14.8. The highest BCUT2D eigenvalue weighted by Gasteiger charge is 2.13. The monoisotopic (exact) mass is 253 g/mol. The summed E-state index contributed by atoms with van der Waals surface area (Å²) in [6.45, 7) is 8.38. The first-order valence-corrected chi connectivity index (χ1v) is 6.46. The fourth-order valence-corrected chi connectivity index (χ4v) is 2.62. The van der Waals surface area contributed by atoms with E-state index >= 15 is 0 Å². The smallest absolute Gasteiger partial charge is 0.197 e. The molecule has 0 spiro atoms. The van der Waals surface area contributed by atoms with Crippen LogP contribution in [0.3, 0.4) is 0 Å². The highest BCUT2D eigenvalue weighted by Crippen LogP contribution is 2.28. The van der Waals surface area contributed by atoms with E-state index in [1.54, 1.807) is 0 Å². The third-order valence-corrected chi connectivity index (χ3v) is 3.52. The Hall–Kier alpha value is -2.09. The Morgan fingerprint density at radius 3 is 1.89 bits per heavy atom. The third kappa shape index (κ3) is 2.68. The number of aryl methyl sites for hydroxylation is 2. The van der Waals surface area contributed by atoms with Crippen molar-refractivity contribution in [2.75, 3.05) is 5.73 Å². The topological polar surface area (TPSA) is 51.6 Å². The van der Waals surface area contributed by atoms with Crippen molar-refractivity contribution in [3.05, 3.63) is 57.7 Å². The Labute approximate surface area is 114 Å². The molecule has 98 valence electrons. The van der Waals surface area contributed by atoms with Gasteiger partial charge < -0.3 is 5.73 Å². The summed E-state index contributed by atoms with van der Waals surface area (Å²) in [6.07, 6.45) is 6.26. The van der Waals surface area contributed by atoms with E-state index in [0.717, 1.165) is 11.4 Å². The van der Waals surface area contributed by atoms with Gasteiger partial charge >= 0.3 is 0 Å². The number of benzene rings is 1. The van der Waals surface area contributed by atoms with Gasteiger partial charge in [0.2, 0.25) is 0 Å². The number of nitrogen functional groups attached to an aromatic ring is 1. The first-order chi connectivity index (χ1) is 8.88. The van der Waals surface area contributed by atoms with Crippen LogP contribution in [0.1, 0.15) is 30.5 Å². The zero-order chi connectivity index (χ0) is 14.2. The van der Waals surface area contributed by atoms with E-state index in [1.807, 2.05) is 24.3 Å². The van der Waals surface area contributed by atoms with E-state index in [-0.39, 0.29) is 0 Å². The van der Waals surface area contributed by atoms with Crippen LogP contribution in [0, 0.1) is 13.8 Å². The third-order valence-electron chi connectivity index (χ3n) is 3.52. The Morgan fingerprint density at radius 1 is 0.947 bits per heavy atom. The van der Waals surface area contributed by atoms with Crippen molar-refractivity contribution in [3.8, 4) is 0 Å². The molecule has 19 heavy (non-hydrogen) atoms. The second-order valence-electron chi connectivity index (χ2n) is 5.28. The number of allylic oxidation sites excluding steroid dienone is 5. The number of nitrogens with two attached hydrogens (primary N) is 2. The first-order valence-electron chi connectivity index (χ1n) is 6.46. The maximum Gasteiger partial charge on any atom is 0.197 e. The van der Waals surface area contributed by atoms with Gasteiger partial charge in [0.15, 0.2) is 5.71 Å². The molecule has 1 aromatic rings. The molecule has 0 aromatic heterocycles. The lowest BCUT2D eigenvalue weighted by Crippen LogP contribution is -2.38. The summed E-state index contributed by atoms with van der Waals surface area (Å²) >= 11 is 0.